The highest BCUT2D eigenvalue weighted by molar-refractivity contribution is 7.91. The molecule has 1 aromatic heterocycles. The number of anilines is 1. The van der Waals surface area contributed by atoms with Crippen molar-refractivity contribution >= 4 is 55.6 Å². The fourth-order valence-corrected chi connectivity index (χ4v) is 3.91. The Bertz CT molecular complexity index is 556. The molecule has 0 bridgehead atoms. The van der Waals surface area contributed by atoms with E-state index in [1.807, 2.05) is 0 Å². The summed E-state index contributed by atoms with van der Waals surface area (Å²) in [7, 11) is -3.88. The number of amides is 1. The summed E-state index contributed by atoms with van der Waals surface area (Å²) in [6.07, 6.45) is 0. The van der Waals surface area contributed by atoms with Crippen LogP contribution in [0.25, 0.3) is 0 Å². The fraction of sp³-hybridized carbons (Fsp3) is 0.625. The standard InChI is InChI=1S/C8H12Cl2N4O3S2/c1-5(15)11-6-12-13-7(18-6)19(16,17)14-8(2,3-9)4-10/h14H,3-4H2,1-2H3,(H,11,12,15). The van der Waals surface area contributed by atoms with Gasteiger partial charge in [-0.1, -0.05) is 11.3 Å². The molecule has 0 aliphatic carbocycles. The molecule has 0 radical (unpaired) electrons. The molecule has 108 valence electrons. The summed E-state index contributed by atoms with van der Waals surface area (Å²) in [6.45, 7) is 2.85. The second-order valence-electron chi connectivity index (χ2n) is 3.99. The van der Waals surface area contributed by atoms with Crippen LogP contribution in [-0.2, 0) is 14.8 Å². The SMILES string of the molecule is CC(=O)Nc1nnc(S(=O)(=O)NC(C)(CCl)CCl)s1. The first-order chi connectivity index (χ1) is 8.72. The van der Waals surface area contributed by atoms with Crippen molar-refractivity contribution in [3.05, 3.63) is 0 Å². The number of rotatable bonds is 6. The Balaban J connectivity index is 2.95. The highest BCUT2D eigenvalue weighted by Gasteiger charge is 2.31. The highest BCUT2D eigenvalue weighted by atomic mass is 35.5. The summed E-state index contributed by atoms with van der Waals surface area (Å²) >= 11 is 12.1. The van der Waals surface area contributed by atoms with Gasteiger partial charge in [0, 0.05) is 18.7 Å². The number of nitrogens with one attached hydrogen (secondary N) is 2. The molecule has 0 aromatic carbocycles. The Hall–Kier alpha value is -0.480. The second-order valence-corrected chi connectivity index (χ2v) is 7.36. The zero-order chi connectivity index (χ0) is 14.7. The molecule has 1 aromatic rings. The number of nitrogens with zero attached hydrogens (tertiary/aromatic N) is 2. The van der Waals surface area contributed by atoms with E-state index in [9.17, 15) is 13.2 Å². The van der Waals surface area contributed by atoms with Crippen LogP contribution >= 0.6 is 34.5 Å². The third-order valence-electron chi connectivity index (χ3n) is 1.89. The van der Waals surface area contributed by atoms with Gasteiger partial charge in [0.15, 0.2) is 0 Å². The van der Waals surface area contributed by atoms with E-state index in [0.717, 1.165) is 11.3 Å². The normalized spacial score (nSPS) is 12.4. The zero-order valence-corrected chi connectivity index (χ0v) is 13.3. The van der Waals surface area contributed by atoms with Gasteiger partial charge in [0.2, 0.25) is 15.4 Å². The van der Waals surface area contributed by atoms with Gasteiger partial charge >= 0.3 is 0 Å². The molecule has 0 atom stereocenters. The largest absolute Gasteiger partial charge is 0.301 e. The molecule has 0 unspecified atom stereocenters. The van der Waals surface area contributed by atoms with E-state index < -0.39 is 15.6 Å². The van der Waals surface area contributed by atoms with Gasteiger partial charge in [0.05, 0.1) is 5.54 Å². The van der Waals surface area contributed by atoms with Crippen molar-refractivity contribution in [2.45, 2.75) is 23.7 Å². The van der Waals surface area contributed by atoms with E-state index in [2.05, 4.69) is 20.2 Å². The molecule has 7 nitrogen and oxygen atoms in total. The van der Waals surface area contributed by atoms with E-state index in [0.29, 0.717) is 0 Å². The lowest BCUT2D eigenvalue weighted by Gasteiger charge is -2.24. The van der Waals surface area contributed by atoms with Crippen molar-refractivity contribution < 1.29 is 13.2 Å². The minimum absolute atomic E-state index is 0.00703. The molecule has 1 heterocycles. The van der Waals surface area contributed by atoms with E-state index in [1.165, 1.54) is 6.92 Å². The lowest BCUT2D eigenvalue weighted by atomic mass is 10.1. The first-order valence-electron chi connectivity index (χ1n) is 4.99. The van der Waals surface area contributed by atoms with Crippen molar-refractivity contribution in [2.75, 3.05) is 17.1 Å². The van der Waals surface area contributed by atoms with Gasteiger partial charge in [-0.2, -0.15) is 0 Å². The van der Waals surface area contributed by atoms with Gasteiger partial charge in [0.1, 0.15) is 0 Å². The average Bonchev–Trinajstić information content (AvgIpc) is 2.76. The number of carbonyl (C=O) groups is 1. The third-order valence-corrected chi connectivity index (χ3v) is 5.91. The summed E-state index contributed by atoms with van der Waals surface area (Å²) in [6, 6.07) is 0. The maximum Gasteiger partial charge on any atom is 0.270 e. The van der Waals surface area contributed by atoms with Crippen molar-refractivity contribution in [3.63, 3.8) is 0 Å². The van der Waals surface area contributed by atoms with Crippen LogP contribution in [0, 0.1) is 0 Å². The maximum atomic E-state index is 12.0. The zero-order valence-electron chi connectivity index (χ0n) is 10.1. The molecule has 1 rings (SSSR count). The van der Waals surface area contributed by atoms with Crippen LogP contribution in [0.2, 0.25) is 0 Å². The van der Waals surface area contributed by atoms with Crippen molar-refractivity contribution in [1.29, 1.82) is 0 Å². The van der Waals surface area contributed by atoms with Crippen LogP contribution in [0.5, 0.6) is 0 Å². The Kier molecular flexibility index (Phi) is 5.51. The van der Waals surface area contributed by atoms with Crippen molar-refractivity contribution in [1.82, 2.24) is 14.9 Å². The van der Waals surface area contributed by atoms with Crippen LogP contribution in [-0.4, -0.2) is 41.8 Å². The first-order valence-corrected chi connectivity index (χ1v) is 8.36. The lowest BCUT2D eigenvalue weighted by Crippen LogP contribution is -2.49. The summed E-state index contributed by atoms with van der Waals surface area (Å²) in [5.41, 5.74) is -0.984. The molecule has 0 aliphatic heterocycles. The van der Waals surface area contributed by atoms with Gasteiger partial charge in [-0.3, -0.25) is 4.79 Å². The number of carbonyl (C=O) groups excluding carboxylic acids is 1. The van der Waals surface area contributed by atoms with Crippen LogP contribution < -0.4 is 10.0 Å². The minimum atomic E-state index is -3.88. The lowest BCUT2D eigenvalue weighted by molar-refractivity contribution is -0.114. The Morgan fingerprint density at radius 3 is 2.42 bits per heavy atom. The maximum absolute atomic E-state index is 12.0. The van der Waals surface area contributed by atoms with Gasteiger partial charge in [-0.05, 0) is 6.92 Å². The molecule has 1 amide bonds. The molecule has 0 spiro atoms. The number of hydrogen-bond acceptors (Lipinski definition) is 6. The molecular weight excluding hydrogens is 335 g/mol. The number of aromatic nitrogens is 2. The van der Waals surface area contributed by atoms with Gasteiger partial charge in [0.25, 0.3) is 10.0 Å². The molecule has 0 saturated carbocycles. The summed E-state index contributed by atoms with van der Waals surface area (Å²) in [5, 5.41) is 9.52. The summed E-state index contributed by atoms with van der Waals surface area (Å²) in [4.78, 5) is 10.8. The Morgan fingerprint density at radius 2 is 1.95 bits per heavy atom. The topological polar surface area (TPSA) is 101 Å². The highest BCUT2D eigenvalue weighted by Crippen LogP contribution is 2.22. The molecule has 0 saturated heterocycles. The predicted molar refractivity (Wildman–Crippen MR) is 74.4 cm³/mol. The molecular formula is C8H12Cl2N4O3S2. The number of sulfonamides is 1. The Morgan fingerprint density at radius 1 is 1.37 bits per heavy atom. The van der Waals surface area contributed by atoms with Crippen LogP contribution in [0.15, 0.2) is 4.34 Å². The molecule has 11 heteroatoms. The predicted octanol–water partition coefficient (Wildman–Crippen LogP) is 1.01. The van der Waals surface area contributed by atoms with E-state index >= 15 is 0 Å². The number of halogens is 2. The van der Waals surface area contributed by atoms with Crippen molar-refractivity contribution in [2.24, 2.45) is 0 Å². The van der Waals surface area contributed by atoms with Crippen molar-refractivity contribution in [3.8, 4) is 0 Å². The molecule has 2 N–H and O–H groups in total. The summed E-state index contributed by atoms with van der Waals surface area (Å²) < 4.78 is 26.2. The van der Waals surface area contributed by atoms with E-state index in [1.54, 1.807) is 6.92 Å². The second kappa shape index (κ2) is 6.31. The van der Waals surface area contributed by atoms with E-state index in [4.69, 9.17) is 23.2 Å². The average molecular weight is 347 g/mol. The van der Waals surface area contributed by atoms with Crippen LogP contribution in [0.1, 0.15) is 13.8 Å². The fourth-order valence-electron chi connectivity index (χ4n) is 0.978. The first kappa shape index (κ1) is 16.6. The molecule has 0 aliphatic rings. The minimum Gasteiger partial charge on any atom is -0.301 e. The Labute approximate surface area is 124 Å². The van der Waals surface area contributed by atoms with Gasteiger partial charge in [-0.25, -0.2) is 13.1 Å². The third kappa shape index (κ3) is 4.53. The quantitative estimate of drug-likeness (QED) is 0.591. The molecule has 0 fully saturated rings. The number of alkyl halides is 2. The number of hydrogen-bond donors (Lipinski definition) is 2. The van der Waals surface area contributed by atoms with Crippen LogP contribution in [0.3, 0.4) is 0 Å². The smallest absolute Gasteiger partial charge is 0.270 e. The van der Waals surface area contributed by atoms with Gasteiger partial charge < -0.3 is 5.32 Å². The molecule has 19 heavy (non-hydrogen) atoms. The summed E-state index contributed by atoms with van der Waals surface area (Å²) in [5.74, 6) is -0.348. The van der Waals surface area contributed by atoms with Gasteiger partial charge in [-0.15, -0.1) is 33.4 Å². The van der Waals surface area contributed by atoms with E-state index in [-0.39, 0.29) is 27.1 Å². The monoisotopic (exact) mass is 346 g/mol. The van der Waals surface area contributed by atoms with Crippen LogP contribution in [0.4, 0.5) is 5.13 Å².